The van der Waals surface area contributed by atoms with Crippen LogP contribution < -0.4 is 15.5 Å². The molecule has 0 aliphatic carbocycles. The Morgan fingerprint density at radius 1 is 1.08 bits per heavy atom. The van der Waals surface area contributed by atoms with E-state index < -0.39 is 35.8 Å². The summed E-state index contributed by atoms with van der Waals surface area (Å²) in [5.74, 6) is 0.232. The molecule has 0 spiro atoms. The summed E-state index contributed by atoms with van der Waals surface area (Å²) in [6, 6.07) is 2.72. The number of hydrogen-bond acceptors (Lipinski definition) is 8. The van der Waals surface area contributed by atoms with Crippen LogP contribution in [-0.2, 0) is 4.74 Å². The molecule has 4 aliphatic heterocycles. The third kappa shape index (κ3) is 5.71. The summed E-state index contributed by atoms with van der Waals surface area (Å²) in [6.45, 7) is 3.30. The first-order valence-corrected chi connectivity index (χ1v) is 12.4. The largest absolute Gasteiger partial charge is 0.443 e. The van der Waals surface area contributed by atoms with Crippen LogP contribution in [0.4, 0.5) is 36.0 Å². The van der Waals surface area contributed by atoms with Gasteiger partial charge in [-0.05, 0) is 24.6 Å². The Morgan fingerprint density at radius 3 is 2.54 bits per heavy atom. The van der Waals surface area contributed by atoms with Gasteiger partial charge < -0.3 is 19.4 Å². The first kappa shape index (κ1) is 25.1. The number of nitrogens with one attached hydrogen (secondary N) is 2. The van der Waals surface area contributed by atoms with Gasteiger partial charge >= 0.3 is 12.1 Å². The molecule has 4 fully saturated rings. The van der Waals surface area contributed by atoms with E-state index >= 15 is 0 Å². The van der Waals surface area contributed by atoms with E-state index in [-0.39, 0.29) is 24.6 Å². The number of nitrogens with zero attached hydrogens (tertiary/aromatic N) is 6. The highest BCUT2D eigenvalue weighted by atomic mass is 19.1. The van der Waals surface area contributed by atoms with Gasteiger partial charge in [0.05, 0.1) is 12.2 Å². The van der Waals surface area contributed by atoms with Crippen LogP contribution in [0.3, 0.4) is 0 Å². The first-order valence-electron chi connectivity index (χ1n) is 12.4. The average molecular weight is 517 g/mol. The van der Waals surface area contributed by atoms with E-state index in [1.807, 2.05) is 0 Å². The van der Waals surface area contributed by atoms with Crippen molar-refractivity contribution in [1.29, 1.82) is 0 Å². The molecule has 2 aromatic heterocycles. The molecule has 6 heterocycles. The number of carbonyl (C=O) groups is 2. The molecule has 0 aromatic carbocycles. The number of carbonyl (C=O) groups excluding carboxylic acids is 2. The second-order valence-electron chi connectivity index (χ2n) is 9.75. The Kier molecular flexibility index (Phi) is 7.04. The topological polar surface area (TPSA) is 116 Å². The maximum Gasteiger partial charge on any atom is 0.413 e. The third-order valence-electron chi connectivity index (χ3n) is 7.40. The molecule has 11 nitrogen and oxygen atoms in total. The summed E-state index contributed by atoms with van der Waals surface area (Å²) >= 11 is 0. The summed E-state index contributed by atoms with van der Waals surface area (Å²) in [6.07, 6.45) is 3.34. The van der Waals surface area contributed by atoms with Gasteiger partial charge in [0.2, 0.25) is 5.95 Å². The zero-order valence-electron chi connectivity index (χ0n) is 20.6. The lowest BCUT2D eigenvalue weighted by atomic mass is 9.83. The number of piperidine rings is 4. The number of urea groups is 1. The number of pyridine rings is 1. The van der Waals surface area contributed by atoms with E-state index in [0.29, 0.717) is 12.5 Å². The fourth-order valence-electron chi connectivity index (χ4n) is 5.09. The van der Waals surface area contributed by atoms with Crippen molar-refractivity contribution >= 4 is 29.7 Å². The van der Waals surface area contributed by atoms with Crippen molar-refractivity contribution in [1.82, 2.24) is 24.8 Å². The standard InChI is InChI=1S/C24H30F2N8O3/c1-32(22(35)30-19-3-2-16(25)14-28-19)18-15-34(10-5-17(18)26)21-27-9-4-20(29-21)31-23(36)37-24-6-11-33(12-7-24)13-8-24/h2-4,9,14,17-18H,5-8,10-13,15H2,1H3,(H,28,30,35)(H,27,29,31,36)/t17-,18+/m1/s1. The molecular formula is C24H30F2N8O3. The van der Waals surface area contributed by atoms with Gasteiger partial charge in [0.25, 0.3) is 0 Å². The highest BCUT2D eigenvalue weighted by molar-refractivity contribution is 5.88. The Morgan fingerprint density at radius 2 is 1.84 bits per heavy atom. The Hall–Kier alpha value is -3.61. The lowest BCUT2D eigenvalue weighted by Crippen LogP contribution is -2.55. The summed E-state index contributed by atoms with van der Waals surface area (Å²) < 4.78 is 33.8. The van der Waals surface area contributed by atoms with E-state index in [1.54, 1.807) is 11.0 Å². The van der Waals surface area contributed by atoms with Crippen molar-refractivity contribution in [3.05, 3.63) is 36.4 Å². The molecule has 2 N–H and O–H groups in total. The van der Waals surface area contributed by atoms with Crippen LogP contribution in [0.5, 0.6) is 0 Å². The van der Waals surface area contributed by atoms with Crippen molar-refractivity contribution in [3.63, 3.8) is 0 Å². The van der Waals surface area contributed by atoms with Crippen LogP contribution in [0.1, 0.15) is 25.7 Å². The highest BCUT2D eigenvalue weighted by Gasteiger charge is 2.42. The van der Waals surface area contributed by atoms with Gasteiger partial charge in [0.15, 0.2) is 0 Å². The molecule has 2 bridgehead atoms. The number of ether oxygens (including phenoxy) is 1. The molecule has 4 saturated heterocycles. The van der Waals surface area contributed by atoms with Crippen LogP contribution >= 0.6 is 0 Å². The van der Waals surface area contributed by atoms with Crippen molar-refractivity contribution in [2.24, 2.45) is 0 Å². The molecule has 13 heteroatoms. The van der Waals surface area contributed by atoms with Gasteiger partial charge in [-0.15, -0.1) is 0 Å². The zero-order valence-corrected chi connectivity index (χ0v) is 20.6. The minimum Gasteiger partial charge on any atom is -0.443 e. The molecule has 37 heavy (non-hydrogen) atoms. The molecule has 4 aliphatic rings. The molecular weight excluding hydrogens is 486 g/mol. The Balaban J connectivity index is 1.20. The molecule has 2 atom stereocenters. The molecule has 0 radical (unpaired) electrons. The van der Waals surface area contributed by atoms with E-state index in [4.69, 9.17) is 4.74 Å². The molecule has 3 amide bonds. The maximum absolute atomic E-state index is 14.9. The number of anilines is 3. The Bertz CT molecular complexity index is 1120. The fourth-order valence-corrected chi connectivity index (χ4v) is 5.09. The second kappa shape index (κ2) is 10.4. The van der Waals surface area contributed by atoms with Crippen molar-refractivity contribution in [3.8, 4) is 0 Å². The smallest absolute Gasteiger partial charge is 0.413 e. The number of aromatic nitrogens is 3. The van der Waals surface area contributed by atoms with Crippen LogP contribution in [-0.4, -0.2) is 94.5 Å². The van der Waals surface area contributed by atoms with Gasteiger partial charge in [-0.3, -0.25) is 10.6 Å². The van der Waals surface area contributed by atoms with Crippen LogP contribution in [0.25, 0.3) is 0 Å². The van der Waals surface area contributed by atoms with E-state index in [1.165, 1.54) is 30.3 Å². The minimum absolute atomic E-state index is 0.148. The van der Waals surface area contributed by atoms with Gasteiger partial charge in [-0.1, -0.05) is 0 Å². The maximum atomic E-state index is 14.9. The summed E-state index contributed by atoms with van der Waals surface area (Å²) in [4.78, 5) is 43.2. The number of rotatable bonds is 5. The highest BCUT2D eigenvalue weighted by Crippen LogP contribution is 2.35. The fraction of sp³-hybridized carbons (Fsp3) is 0.542. The van der Waals surface area contributed by atoms with Crippen molar-refractivity contribution < 1.29 is 23.1 Å². The summed E-state index contributed by atoms with van der Waals surface area (Å²) in [5.41, 5.74) is -0.417. The quantitative estimate of drug-likeness (QED) is 0.624. The lowest BCUT2D eigenvalue weighted by Gasteiger charge is -2.47. The second-order valence-corrected chi connectivity index (χ2v) is 9.75. The van der Waals surface area contributed by atoms with Gasteiger partial charge in [-0.2, -0.15) is 4.98 Å². The summed E-state index contributed by atoms with van der Waals surface area (Å²) in [7, 11) is 1.49. The number of alkyl halides is 1. The van der Waals surface area contributed by atoms with E-state index in [2.05, 4.69) is 30.5 Å². The minimum atomic E-state index is -1.26. The molecule has 6 rings (SSSR count). The van der Waals surface area contributed by atoms with E-state index in [0.717, 1.165) is 45.1 Å². The van der Waals surface area contributed by atoms with E-state index in [9.17, 15) is 18.4 Å². The van der Waals surface area contributed by atoms with Crippen molar-refractivity contribution in [2.75, 3.05) is 55.3 Å². The Labute approximate surface area is 213 Å². The zero-order chi connectivity index (χ0) is 26.0. The average Bonchev–Trinajstić information content (AvgIpc) is 2.90. The number of fused-ring (bicyclic) bond motifs is 3. The SMILES string of the molecule is CN(C(=O)Nc1ccc(F)cn1)[C@H]1CN(c2nccc(NC(=O)OC34CCN(CC3)CC4)n2)CC[C@H]1F. The van der Waals surface area contributed by atoms with Gasteiger partial charge in [-0.25, -0.2) is 28.3 Å². The predicted octanol–water partition coefficient (Wildman–Crippen LogP) is 2.88. The summed E-state index contributed by atoms with van der Waals surface area (Å²) in [5, 5.41) is 5.25. The van der Waals surface area contributed by atoms with Gasteiger partial charge in [0.1, 0.15) is 29.2 Å². The number of likely N-dealkylation sites (N-methyl/N-ethyl adjacent to an activating group) is 1. The van der Waals surface area contributed by atoms with Crippen molar-refractivity contribution in [2.45, 2.75) is 43.5 Å². The predicted molar refractivity (Wildman–Crippen MR) is 132 cm³/mol. The number of halogens is 2. The number of amides is 3. The van der Waals surface area contributed by atoms with Crippen LogP contribution in [0.15, 0.2) is 30.6 Å². The third-order valence-corrected chi connectivity index (χ3v) is 7.40. The van der Waals surface area contributed by atoms with Gasteiger partial charge in [0, 0.05) is 65.2 Å². The molecule has 0 saturated carbocycles. The van der Waals surface area contributed by atoms with Crippen LogP contribution in [0.2, 0.25) is 0 Å². The molecule has 0 unspecified atom stereocenters. The molecule has 198 valence electrons. The van der Waals surface area contributed by atoms with Crippen LogP contribution in [0, 0.1) is 5.82 Å². The first-order chi connectivity index (χ1) is 17.8. The number of hydrogen-bond donors (Lipinski definition) is 2. The molecule has 2 aromatic rings. The lowest BCUT2D eigenvalue weighted by molar-refractivity contribution is -0.0742. The normalized spacial score (nSPS) is 26.9. The monoisotopic (exact) mass is 516 g/mol.